The maximum Gasteiger partial charge on any atom is 0.188 e. The van der Waals surface area contributed by atoms with Crippen molar-refractivity contribution in [1.29, 1.82) is 0 Å². The summed E-state index contributed by atoms with van der Waals surface area (Å²) in [6.45, 7) is 0. The first-order chi connectivity index (χ1) is 10.3. The number of benzene rings is 2. The van der Waals surface area contributed by atoms with Crippen LogP contribution < -0.4 is 5.32 Å². The highest BCUT2D eigenvalue weighted by molar-refractivity contribution is 7.22. The molecule has 0 atom stereocenters. The van der Waals surface area contributed by atoms with E-state index in [1.807, 2.05) is 0 Å². The third-order valence-corrected chi connectivity index (χ3v) is 4.94. The van der Waals surface area contributed by atoms with Gasteiger partial charge >= 0.3 is 0 Å². The van der Waals surface area contributed by atoms with E-state index >= 15 is 0 Å². The van der Waals surface area contributed by atoms with Gasteiger partial charge in [-0.3, -0.25) is 0 Å². The van der Waals surface area contributed by atoms with E-state index in [0.717, 1.165) is 28.4 Å². The summed E-state index contributed by atoms with van der Waals surface area (Å²) in [4.78, 5) is 4.49. The number of hydrogen-bond donors (Lipinski definition) is 1. The zero-order valence-electron chi connectivity index (χ0n) is 11.5. The van der Waals surface area contributed by atoms with Crippen LogP contribution in [0.15, 0.2) is 36.4 Å². The van der Waals surface area contributed by atoms with E-state index in [-0.39, 0.29) is 5.82 Å². The van der Waals surface area contributed by atoms with E-state index in [0.29, 0.717) is 5.52 Å². The fraction of sp³-hybridized carbons (Fsp3) is 0.235. The summed E-state index contributed by atoms with van der Waals surface area (Å²) in [6, 6.07) is 11.2. The molecule has 2 aromatic carbocycles. The van der Waals surface area contributed by atoms with Crippen molar-refractivity contribution in [2.75, 3.05) is 5.32 Å². The predicted molar refractivity (Wildman–Crippen MR) is 85.9 cm³/mol. The Morgan fingerprint density at radius 2 is 2.00 bits per heavy atom. The average Bonchev–Trinajstić information content (AvgIpc) is 2.89. The molecule has 4 heteroatoms. The van der Waals surface area contributed by atoms with Gasteiger partial charge in [0.05, 0.1) is 10.2 Å². The number of thiazole rings is 1. The van der Waals surface area contributed by atoms with Crippen molar-refractivity contribution in [3.05, 3.63) is 53.3 Å². The molecule has 1 aliphatic rings. The van der Waals surface area contributed by atoms with Crippen LogP contribution in [0.25, 0.3) is 10.2 Å². The summed E-state index contributed by atoms with van der Waals surface area (Å²) in [5.74, 6) is -0.239. The van der Waals surface area contributed by atoms with Crippen LogP contribution in [0.5, 0.6) is 0 Å². The molecule has 3 aromatic rings. The molecule has 106 valence electrons. The Balaban J connectivity index is 1.71. The van der Waals surface area contributed by atoms with Crippen molar-refractivity contribution < 1.29 is 4.39 Å². The number of aryl methyl sites for hydroxylation is 1. The summed E-state index contributed by atoms with van der Waals surface area (Å²) in [6.07, 6.45) is 4.81. The fourth-order valence-corrected chi connectivity index (χ4v) is 3.83. The molecule has 0 radical (unpaired) electrons. The molecule has 0 aliphatic heterocycles. The van der Waals surface area contributed by atoms with Crippen LogP contribution in [-0.4, -0.2) is 4.98 Å². The molecule has 1 heterocycles. The Bertz CT molecular complexity index is 810. The molecule has 1 aliphatic carbocycles. The molecule has 0 spiro atoms. The molecule has 2 nitrogen and oxygen atoms in total. The number of aromatic nitrogens is 1. The highest BCUT2D eigenvalue weighted by Crippen LogP contribution is 2.33. The lowest BCUT2D eigenvalue weighted by molar-refractivity contribution is 0.629. The van der Waals surface area contributed by atoms with Gasteiger partial charge in [0, 0.05) is 11.8 Å². The molecule has 0 saturated carbocycles. The summed E-state index contributed by atoms with van der Waals surface area (Å²) in [5, 5.41) is 4.25. The van der Waals surface area contributed by atoms with Gasteiger partial charge in [0.25, 0.3) is 0 Å². The minimum Gasteiger partial charge on any atom is -0.331 e. The Morgan fingerprint density at radius 1 is 1.10 bits per heavy atom. The zero-order chi connectivity index (χ0) is 14.2. The van der Waals surface area contributed by atoms with Crippen LogP contribution in [0.1, 0.15) is 24.0 Å². The third-order valence-electron chi connectivity index (χ3n) is 3.99. The van der Waals surface area contributed by atoms with Gasteiger partial charge in [0.15, 0.2) is 5.13 Å². The van der Waals surface area contributed by atoms with E-state index in [2.05, 4.69) is 28.5 Å². The first-order valence-electron chi connectivity index (χ1n) is 7.23. The Morgan fingerprint density at radius 3 is 2.95 bits per heavy atom. The van der Waals surface area contributed by atoms with Crippen LogP contribution in [-0.2, 0) is 12.8 Å². The summed E-state index contributed by atoms with van der Waals surface area (Å²) in [5.41, 5.74) is 4.71. The smallest absolute Gasteiger partial charge is 0.188 e. The SMILES string of the molecule is Fc1ccc2sc(Nc3cccc4c3CCCC4)nc2c1. The first kappa shape index (κ1) is 12.8. The van der Waals surface area contributed by atoms with Crippen molar-refractivity contribution in [3.8, 4) is 0 Å². The Hall–Kier alpha value is -1.94. The molecular weight excluding hydrogens is 283 g/mol. The molecular formula is C17H15FN2S. The molecule has 0 fully saturated rings. The van der Waals surface area contributed by atoms with E-state index in [1.54, 1.807) is 17.4 Å². The minimum atomic E-state index is -0.239. The van der Waals surface area contributed by atoms with E-state index in [4.69, 9.17) is 0 Å². The number of nitrogens with zero attached hydrogens (tertiary/aromatic N) is 1. The van der Waals surface area contributed by atoms with Gasteiger partial charge in [-0.25, -0.2) is 9.37 Å². The van der Waals surface area contributed by atoms with Gasteiger partial charge in [-0.05, 0) is 55.0 Å². The molecule has 1 N–H and O–H groups in total. The Labute approximate surface area is 126 Å². The van der Waals surface area contributed by atoms with Crippen molar-refractivity contribution in [2.24, 2.45) is 0 Å². The highest BCUT2D eigenvalue weighted by atomic mass is 32.1. The predicted octanol–water partition coefficient (Wildman–Crippen LogP) is 5.06. The molecule has 1 aromatic heterocycles. The van der Waals surface area contributed by atoms with Crippen molar-refractivity contribution in [2.45, 2.75) is 25.7 Å². The number of anilines is 2. The lowest BCUT2D eigenvalue weighted by Gasteiger charge is -2.19. The zero-order valence-corrected chi connectivity index (χ0v) is 12.3. The van der Waals surface area contributed by atoms with E-state index < -0.39 is 0 Å². The summed E-state index contributed by atoms with van der Waals surface area (Å²) < 4.78 is 14.2. The Kier molecular flexibility index (Phi) is 3.11. The van der Waals surface area contributed by atoms with Gasteiger partial charge < -0.3 is 5.32 Å². The number of rotatable bonds is 2. The lowest BCUT2D eigenvalue weighted by atomic mass is 9.90. The average molecular weight is 298 g/mol. The maximum atomic E-state index is 13.2. The first-order valence-corrected chi connectivity index (χ1v) is 8.05. The van der Waals surface area contributed by atoms with E-state index in [9.17, 15) is 4.39 Å². The van der Waals surface area contributed by atoms with E-state index in [1.165, 1.54) is 36.1 Å². The number of nitrogens with one attached hydrogen (secondary N) is 1. The standard InChI is InChI=1S/C17H15FN2S/c18-12-8-9-16-15(10-12)20-17(21-16)19-14-7-3-5-11-4-1-2-6-13(11)14/h3,5,7-10H,1-2,4,6H2,(H,19,20). The molecule has 0 bridgehead atoms. The number of hydrogen-bond acceptors (Lipinski definition) is 3. The maximum absolute atomic E-state index is 13.2. The van der Waals surface area contributed by atoms with Crippen LogP contribution >= 0.6 is 11.3 Å². The fourth-order valence-electron chi connectivity index (χ4n) is 2.97. The van der Waals surface area contributed by atoms with Gasteiger partial charge in [-0.2, -0.15) is 0 Å². The number of halogens is 1. The largest absolute Gasteiger partial charge is 0.331 e. The summed E-state index contributed by atoms with van der Waals surface area (Å²) >= 11 is 1.56. The van der Waals surface area contributed by atoms with Crippen LogP contribution in [0.4, 0.5) is 15.2 Å². The molecule has 0 unspecified atom stereocenters. The van der Waals surface area contributed by atoms with Crippen LogP contribution in [0.3, 0.4) is 0 Å². The van der Waals surface area contributed by atoms with Crippen LogP contribution in [0, 0.1) is 5.82 Å². The quantitative estimate of drug-likeness (QED) is 0.715. The van der Waals surface area contributed by atoms with Crippen LogP contribution in [0.2, 0.25) is 0 Å². The second-order valence-electron chi connectivity index (χ2n) is 5.41. The number of fused-ring (bicyclic) bond motifs is 2. The highest BCUT2D eigenvalue weighted by Gasteiger charge is 2.14. The second kappa shape index (κ2) is 5.11. The normalized spacial score (nSPS) is 14.1. The minimum absolute atomic E-state index is 0.239. The third kappa shape index (κ3) is 2.40. The van der Waals surface area contributed by atoms with Gasteiger partial charge in [-0.15, -0.1) is 0 Å². The second-order valence-corrected chi connectivity index (χ2v) is 6.44. The van der Waals surface area contributed by atoms with Crippen molar-refractivity contribution >= 4 is 32.4 Å². The lowest BCUT2D eigenvalue weighted by Crippen LogP contribution is -2.05. The van der Waals surface area contributed by atoms with Gasteiger partial charge in [-0.1, -0.05) is 23.5 Å². The molecule has 21 heavy (non-hydrogen) atoms. The van der Waals surface area contributed by atoms with Gasteiger partial charge in [0.1, 0.15) is 5.82 Å². The molecule has 4 rings (SSSR count). The molecule has 0 amide bonds. The topological polar surface area (TPSA) is 24.9 Å². The monoisotopic (exact) mass is 298 g/mol. The van der Waals surface area contributed by atoms with Crippen molar-refractivity contribution in [3.63, 3.8) is 0 Å². The summed E-state index contributed by atoms with van der Waals surface area (Å²) in [7, 11) is 0. The van der Waals surface area contributed by atoms with Gasteiger partial charge in [0.2, 0.25) is 0 Å². The molecule has 0 saturated heterocycles. The van der Waals surface area contributed by atoms with Crippen molar-refractivity contribution in [1.82, 2.24) is 4.98 Å².